The normalized spacial score (nSPS) is 14.9. The van der Waals surface area contributed by atoms with Gasteiger partial charge >= 0.3 is 0 Å². The molecule has 0 atom stereocenters. The van der Waals surface area contributed by atoms with Crippen molar-refractivity contribution >= 4 is 33.6 Å². The Morgan fingerprint density at radius 1 is 1.03 bits per heavy atom. The number of fused-ring (bicyclic) bond motifs is 2. The van der Waals surface area contributed by atoms with Crippen LogP contribution in [0.2, 0.25) is 0 Å². The van der Waals surface area contributed by atoms with Crippen molar-refractivity contribution in [3.05, 3.63) is 53.6 Å². The Balaban J connectivity index is 1.37. The fourth-order valence-electron chi connectivity index (χ4n) is 4.40. The number of nitrogens with one attached hydrogen (secondary N) is 3. The highest BCUT2D eigenvalue weighted by molar-refractivity contribution is 6.01. The van der Waals surface area contributed by atoms with Gasteiger partial charge in [-0.1, -0.05) is 6.07 Å². The number of piperazine rings is 1. The highest BCUT2D eigenvalue weighted by Crippen LogP contribution is 2.29. The summed E-state index contributed by atoms with van der Waals surface area (Å²) in [5.41, 5.74) is 5.50. The molecule has 0 radical (unpaired) electrons. The first kappa shape index (κ1) is 20.3. The molecule has 1 fully saturated rings. The lowest BCUT2D eigenvalue weighted by Crippen LogP contribution is -2.47. The molecule has 1 saturated heterocycles. The molecule has 0 spiro atoms. The maximum atomic E-state index is 11.9. The van der Waals surface area contributed by atoms with Crippen molar-refractivity contribution in [3.8, 4) is 11.4 Å². The Labute approximate surface area is 185 Å². The summed E-state index contributed by atoms with van der Waals surface area (Å²) in [6, 6.07) is 14.2. The van der Waals surface area contributed by atoms with Gasteiger partial charge in [-0.2, -0.15) is 5.10 Å². The highest BCUT2D eigenvalue weighted by Gasteiger charge is 2.19. The van der Waals surface area contributed by atoms with Crippen LogP contribution in [0, 0.1) is 0 Å². The summed E-state index contributed by atoms with van der Waals surface area (Å²) in [6.07, 6.45) is 0. The Bertz CT molecular complexity index is 1310. The molecule has 3 heterocycles. The van der Waals surface area contributed by atoms with Crippen molar-refractivity contribution in [2.24, 2.45) is 0 Å². The molecule has 3 N–H and O–H groups in total. The van der Waals surface area contributed by atoms with Crippen molar-refractivity contribution in [1.29, 1.82) is 0 Å². The molecule has 32 heavy (non-hydrogen) atoms. The van der Waals surface area contributed by atoms with Gasteiger partial charge in [-0.05, 0) is 42.0 Å². The van der Waals surface area contributed by atoms with E-state index in [1.165, 1.54) is 5.56 Å². The molecule has 0 saturated carbocycles. The summed E-state index contributed by atoms with van der Waals surface area (Å²) in [5.74, 6) is 0.0329. The Morgan fingerprint density at radius 2 is 1.84 bits per heavy atom. The van der Waals surface area contributed by atoms with Crippen LogP contribution >= 0.6 is 0 Å². The number of nitrogens with zero attached hydrogens (tertiary/aromatic N) is 3. The molecule has 1 aliphatic heterocycles. The Hall–Kier alpha value is -3.65. The zero-order chi connectivity index (χ0) is 22.2. The van der Waals surface area contributed by atoms with Gasteiger partial charge in [0.15, 0.2) is 0 Å². The Morgan fingerprint density at radius 3 is 2.59 bits per heavy atom. The van der Waals surface area contributed by atoms with Gasteiger partial charge in [-0.15, -0.1) is 0 Å². The maximum absolute atomic E-state index is 11.9. The molecule has 4 aromatic rings. The van der Waals surface area contributed by atoms with Crippen LogP contribution in [0.4, 0.5) is 0 Å². The van der Waals surface area contributed by atoms with Gasteiger partial charge in [0.1, 0.15) is 5.69 Å². The summed E-state index contributed by atoms with van der Waals surface area (Å²) >= 11 is 0. The van der Waals surface area contributed by atoms with Crippen LogP contribution in [0.5, 0.6) is 0 Å². The van der Waals surface area contributed by atoms with Crippen LogP contribution in [0.25, 0.3) is 33.2 Å². The second-order valence-electron chi connectivity index (χ2n) is 8.30. The lowest BCUT2D eigenvalue weighted by atomic mass is 10.1. The first-order valence-corrected chi connectivity index (χ1v) is 10.8. The summed E-state index contributed by atoms with van der Waals surface area (Å²) in [4.78, 5) is 31.2. The van der Waals surface area contributed by atoms with Crippen LogP contribution in [0.3, 0.4) is 0 Å². The van der Waals surface area contributed by atoms with E-state index < -0.39 is 0 Å². The van der Waals surface area contributed by atoms with E-state index in [4.69, 9.17) is 0 Å². The average molecular weight is 431 g/mol. The summed E-state index contributed by atoms with van der Waals surface area (Å²) in [5, 5.41) is 12.3. The fraction of sp³-hybridized carbons (Fsp3) is 0.292. The third-order valence-electron chi connectivity index (χ3n) is 6.22. The number of carbonyl (C=O) groups excluding carboxylic acids is 2. The second-order valence-corrected chi connectivity index (χ2v) is 8.30. The largest absolute Gasteiger partial charge is 0.355 e. The van der Waals surface area contributed by atoms with E-state index in [9.17, 15) is 9.59 Å². The van der Waals surface area contributed by atoms with E-state index in [-0.39, 0.29) is 11.8 Å². The lowest BCUT2D eigenvalue weighted by Gasteiger charge is -2.34. The van der Waals surface area contributed by atoms with E-state index in [0.717, 1.165) is 65.9 Å². The second kappa shape index (κ2) is 8.12. The van der Waals surface area contributed by atoms with Crippen LogP contribution in [-0.2, 0) is 11.3 Å². The molecule has 2 amide bonds. The van der Waals surface area contributed by atoms with Crippen LogP contribution in [0.1, 0.15) is 22.8 Å². The lowest BCUT2D eigenvalue weighted by molar-refractivity contribution is -0.130. The zero-order valence-electron chi connectivity index (χ0n) is 18.2. The van der Waals surface area contributed by atoms with E-state index >= 15 is 0 Å². The monoisotopic (exact) mass is 430 g/mol. The van der Waals surface area contributed by atoms with Crippen LogP contribution in [-0.4, -0.2) is 70.0 Å². The number of aromatic nitrogens is 3. The zero-order valence-corrected chi connectivity index (χ0v) is 18.2. The maximum Gasteiger partial charge on any atom is 0.251 e. The molecule has 5 rings (SSSR count). The van der Waals surface area contributed by atoms with Gasteiger partial charge in [0.2, 0.25) is 5.91 Å². The first-order chi connectivity index (χ1) is 15.5. The summed E-state index contributed by atoms with van der Waals surface area (Å²) in [6.45, 7) is 5.88. The molecule has 0 bridgehead atoms. The molecular weight excluding hydrogens is 404 g/mol. The predicted molar refractivity (Wildman–Crippen MR) is 124 cm³/mol. The van der Waals surface area contributed by atoms with Crippen molar-refractivity contribution in [1.82, 2.24) is 30.3 Å². The molecule has 2 aromatic heterocycles. The third-order valence-corrected chi connectivity index (χ3v) is 6.22. The van der Waals surface area contributed by atoms with E-state index in [1.807, 2.05) is 23.1 Å². The molecule has 0 unspecified atom stereocenters. The molecule has 8 heteroatoms. The topological polar surface area (TPSA) is 97.1 Å². The van der Waals surface area contributed by atoms with Gasteiger partial charge in [0.05, 0.1) is 11.2 Å². The summed E-state index contributed by atoms with van der Waals surface area (Å²) in [7, 11) is 1.62. The van der Waals surface area contributed by atoms with Gasteiger partial charge in [-0.3, -0.25) is 19.6 Å². The SMILES string of the molecule is CNC(=O)c1ccc2c(-c3cc4cc(CN5CCN(C(C)=O)CC5)ccc4[nH]3)n[nH]c2c1. The quantitative estimate of drug-likeness (QED) is 0.464. The average Bonchev–Trinajstić information content (AvgIpc) is 3.41. The molecule has 2 aromatic carbocycles. The number of amides is 2. The fourth-order valence-corrected chi connectivity index (χ4v) is 4.40. The minimum atomic E-state index is -0.121. The van der Waals surface area contributed by atoms with Crippen LogP contribution < -0.4 is 5.32 Å². The predicted octanol–water partition coefficient (Wildman–Crippen LogP) is 2.73. The smallest absolute Gasteiger partial charge is 0.251 e. The molecule has 0 aliphatic carbocycles. The number of hydrogen-bond donors (Lipinski definition) is 3. The molecule has 164 valence electrons. The van der Waals surface area contributed by atoms with E-state index in [1.54, 1.807) is 14.0 Å². The van der Waals surface area contributed by atoms with Gasteiger partial charge in [0, 0.05) is 68.5 Å². The van der Waals surface area contributed by atoms with Crippen LogP contribution in [0.15, 0.2) is 42.5 Å². The van der Waals surface area contributed by atoms with Crippen molar-refractivity contribution < 1.29 is 9.59 Å². The molecule has 8 nitrogen and oxygen atoms in total. The highest BCUT2D eigenvalue weighted by atomic mass is 16.2. The molecule has 1 aliphatic rings. The minimum Gasteiger partial charge on any atom is -0.355 e. The van der Waals surface area contributed by atoms with Gasteiger partial charge < -0.3 is 15.2 Å². The minimum absolute atomic E-state index is 0.121. The summed E-state index contributed by atoms with van der Waals surface area (Å²) < 4.78 is 0. The third kappa shape index (κ3) is 3.73. The van der Waals surface area contributed by atoms with Crippen molar-refractivity contribution in [3.63, 3.8) is 0 Å². The number of aromatic amines is 2. The number of benzene rings is 2. The van der Waals surface area contributed by atoms with Gasteiger partial charge in [0.25, 0.3) is 5.91 Å². The number of hydrogen-bond acceptors (Lipinski definition) is 4. The van der Waals surface area contributed by atoms with E-state index in [2.05, 4.69) is 49.7 Å². The van der Waals surface area contributed by atoms with E-state index in [0.29, 0.717) is 5.56 Å². The van der Waals surface area contributed by atoms with Crippen molar-refractivity contribution in [2.45, 2.75) is 13.5 Å². The number of H-pyrrole nitrogens is 2. The molecular formula is C24H26N6O2. The van der Waals surface area contributed by atoms with Crippen molar-refractivity contribution in [2.75, 3.05) is 33.2 Å². The van der Waals surface area contributed by atoms with Gasteiger partial charge in [-0.25, -0.2) is 0 Å². The first-order valence-electron chi connectivity index (χ1n) is 10.8. The Kier molecular flexibility index (Phi) is 5.14. The number of rotatable bonds is 4. The number of carbonyl (C=O) groups is 2. The standard InChI is InChI=1S/C24H26N6O2/c1-15(31)30-9-7-29(8-10-30)14-16-3-6-20-18(11-16)13-22(26-20)23-19-5-4-17(24(32)25-2)12-21(19)27-28-23/h3-6,11-13,26H,7-10,14H2,1-2H3,(H,25,32)(H,27,28).